The molecule has 0 fully saturated rings. The van der Waals surface area contributed by atoms with E-state index in [1.807, 2.05) is 31.2 Å². The maximum atomic E-state index is 13.7. The molecule has 0 aliphatic carbocycles. The van der Waals surface area contributed by atoms with Crippen molar-refractivity contribution in [2.24, 2.45) is 0 Å². The van der Waals surface area contributed by atoms with Crippen LogP contribution in [0, 0.1) is 12.7 Å². The smallest absolute Gasteiger partial charge is 0.265 e. The Balaban J connectivity index is 1.69. The first-order valence-corrected chi connectivity index (χ1v) is 8.36. The van der Waals surface area contributed by atoms with Crippen LogP contribution in [0.2, 0.25) is 0 Å². The van der Waals surface area contributed by atoms with E-state index in [0.29, 0.717) is 11.5 Å². The quantitative estimate of drug-likeness (QED) is 0.713. The molecule has 4 rings (SSSR count). The zero-order valence-electron chi connectivity index (χ0n) is 12.9. The Hall–Kier alpha value is -2.66. The first-order chi connectivity index (χ1) is 11.6. The lowest BCUT2D eigenvalue weighted by Gasteiger charge is -2.19. The second-order valence-corrected chi connectivity index (χ2v) is 6.69. The van der Waals surface area contributed by atoms with Gasteiger partial charge in [0.2, 0.25) is 0 Å². The van der Waals surface area contributed by atoms with Gasteiger partial charge in [0.05, 0.1) is 10.6 Å². The van der Waals surface area contributed by atoms with Gasteiger partial charge in [-0.1, -0.05) is 24.3 Å². The van der Waals surface area contributed by atoms with Crippen molar-refractivity contribution in [3.05, 3.63) is 70.4 Å². The monoisotopic (exact) mass is 339 g/mol. The SMILES string of the molecule is Cc1cccc2c1-c1sc(C(=O)Nc3ccccc3F)cc1CO2. The highest BCUT2D eigenvalue weighted by Crippen LogP contribution is 2.44. The molecule has 24 heavy (non-hydrogen) atoms. The number of halogens is 1. The number of hydrogen-bond donors (Lipinski definition) is 1. The first-order valence-electron chi connectivity index (χ1n) is 7.55. The van der Waals surface area contributed by atoms with Gasteiger partial charge in [-0.25, -0.2) is 4.39 Å². The summed E-state index contributed by atoms with van der Waals surface area (Å²) in [7, 11) is 0. The lowest BCUT2D eigenvalue weighted by Crippen LogP contribution is -2.11. The number of thiophene rings is 1. The van der Waals surface area contributed by atoms with Crippen LogP contribution < -0.4 is 10.1 Å². The first kappa shape index (κ1) is 14.9. The number of fused-ring (bicyclic) bond motifs is 3. The number of rotatable bonds is 2. The van der Waals surface area contributed by atoms with Gasteiger partial charge in [0, 0.05) is 16.0 Å². The van der Waals surface area contributed by atoms with E-state index in [9.17, 15) is 9.18 Å². The van der Waals surface area contributed by atoms with Gasteiger partial charge in [-0.05, 0) is 36.8 Å². The Labute approximate surface area is 142 Å². The lowest BCUT2D eigenvalue weighted by atomic mass is 10.0. The van der Waals surface area contributed by atoms with Crippen LogP contribution in [-0.2, 0) is 6.61 Å². The van der Waals surface area contributed by atoms with Gasteiger partial charge in [0.1, 0.15) is 18.2 Å². The van der Waals surface area contributed by atoms with Crippen LogP contribution in [0.25, 0.3) is 10.4 Å². The summed E-state index contributed by atoms with van der Waals surface area (Å²) in [6, 6.07) is 13.9. The molecule has 2 aromatic carbocycles. The Bertz CT molecular complexity index is 948. The number of ether oxygens (including phenoxy) is 1. The van der Waals surface area contributed by atoms with E-state index in [4.69, 9.17) is 4.74 Å². The van der Waals surface area contributed by atoms with Crippen LogP contribution in [0.5, 0.6) is 5.75 Å². The molecular weight excluding hydrogens is 325 g/mol. The van der Waals surface area contributed by atoms with Gasteiger partial charge >= 0.3 is 0 Å². The summed E-state index contributed by atoms with van der Waals surface area (Å²) in [4.78, 5) is 14.1. The number of carbonyl (C=O) groups is 1. The van der Waals surface area contributed by atoms with Crippen molar-refractivity contribution < 1.29 is 13.9 Å². The van der Waals surface area contributed by atoms with Gasteiger partial charge in [-0.2, -0.15) is 0 Å². The van der Waals surface area contributed by atoms with Crippen LogP contribution in [0.1, 0.15) is 20.8 Å². The third-order valence-corrected chi connectivity index (χ3v) is 5.19. The number of carbonyl (C=O) groups excluding carboxylic acids is 1. The van der Waals surface area contributed by atoms with Gasteiger partial charge in [0.25, 0.3) is 5.91 Å². The Morgan fingerprint density at radius 1 is 1.21 bits per heavy atom. The summed E-state index contributed by atoms with van der Waals surface area (Å²) in [6.07, 6.45) is 0. The van der Waals surface area contributed by atoms with E-state index >= 15 is 0 Å². The Morgan fingerprint density at radius 3 is 2.88 bits per heavy atom. The molecule has 0 unspecified atom stereocenters. The fourth-order valence-corrected chi connectivity index (χ4v) is 3.99. The van der Waals surface area contributed by atoms with Crippen LogP contribution in [-0.4, -0.2) is 5.91 Å². The van der Waals surface area contributed by atoms with Gasteiger partial charge < -0.3 is 10.1 Å². The standard InChI is InChI=1S/C19H14FNO2S/c1-11-5-4-8-15-17(11)18-12(10-23-15)9-16(24-18)19(22)21-14-7-3-2-6-13(14)20/h2-9H,10H2,1H3,(H,21,22). The minimum absolute atomic E-state index is 0.182. The molecule has 2 heterocycles. The molecule has 1 aromatic heterocycles. The highest BCUT2D eigenvalue weighted by atomic mass is 32.1. The van der Waals surface area contributed by atoms with Gasteiger partial charge in [-0.3, -0.25) is 4.79 Å². The zero-order valence-corrected chi connectivity index (χ0v) is 13.7. The number of anilines is 1. The summed E-state index contributed by atoms with van der Waals surface area (Å²) in [5, 5.41) is 2.63. The molecule has 3 aromatic rings. The molecule has 120 valence electrons. The maximum Gasteiger partial charge on any atom is 0.265 e. The molecular formula is C19H14FNO2S. The maximum absolute atomic E-state index is 13.7. The third kappa shape index (κ3) is 2.47. The number of benzene rings is 2. The van der Waals surface area contributed by atoms with E-state index in [2.05, 4.69) is 5.32 Å². The number of aryl methyl sites for hydroxylation is 1. The molecule has 1 aliphatic heterocycles. The minimum Gasteiger partial charge on any atom is -0.488 e. The average Bonchev–Trinajstić information content (AvgIpc) is 3.01. The number of amides is 1. The number of hydrogen-bond acceptors (Lipinski definition) is 3. The predicted molar refractivity (Wildman–Crippen MR) is 93.2 cm³/mol. The van der Waals surface area contributed by atoms with E-state index in [0.717, 1.165) is 27.3 Å². The predicted octanol–water partition coefficient (Wildman–Crippen LogP) is 5.01. The molecule has 0 saturated heterocycles. The van der Waals surface area contributed by atoms with Crippen molar-refractivity contribution in [3.8, 4) is 16.2 Å². The summed E-state index contributed by atoms with van der Waals surface area (Å²) in [5.41, 5.74) is 3.31. The summed E-state index contributed by atoms with van der Waals surface area (Å²) in [6.45, 7) is 2.46. The van der Waals surface area contributed by atoms with Crippen LogP contribution >= 0.6 is 11.3 Å². The molecule has 3 nitrogen and oxygen atoms in total. The second kappa shape index (κ2) is 5.76. The van der Waals surface area contributed by atoms with Crippen molar-refractivity contribution in [2.45, 2.75) is 13.5 Å². The van der Waals surface area contributed by atoms with Crippen LogP contribution in [0.3, 0.4) is 0 Å². The molecule has 0 radical (unpaired) electrons. The number of nitrogens with one attached hydrogen (secondary N) is 1. The minimum atomic E-state index is -0.448. The van der Waals surface area contributed by atoms with Crippen molar-refractivity contribution in [1.29, 1.82) is 0 Å². The lowest BCUT2D eigenvalue weighted by molar-refractivity contribution is 0.103. The summed E-state index contributed by atoms with van der Waals surface area (Å²) in [5.74, 6) is 0.0803. The molecule has 0 atom stereocenters. The van der Waals surface area contributed by atoms with E-state index < -0.39 is 5.82 Å². The molecule has 5 heteroatoms. The summed E-state index contributed by atoms with van der Waals surface area (Å²) >= 11 is 1.41. The molecule has 1 amide bonds. The van der Waals surface area contributed by atoms with Crippen molar-refractivity contribution in [2.75, 3.05) is 5.32 Å². The normalized spacial score (nSPS) is 12.1. The Kier molecular flexibility index (Phi) is 3.58. The fraction of sp³-hybridized carbons (Fsp3) is 0.105. The van der Waals surface area contributed by atoms with Gasteiger partial charge in [0.15, 0.2) is 0 Å². The zero-order chi connectivity index (χ0) is 16.7. The topological polar surface area (TPSA) is 38.3 Å². The molecule has 0 saturated carbocycles. The molecule has 0 spiro atoms. The summed E-state index contributed by atoms with van der Waals surface area (Å²) < 4.78 is 19.5. The second-order valence-electron chi connectivity index (χ2n) is 5.64. The average molecular weight is 339 g/mol. The van der Waals surface area contributed by atoms with E-state index in [1.54, 1.807) is 18.2 Å². The number of para-hydroxylation sites is 1. The largest absolute Gasteiger partial charge is 0.488 e. The molecule has 1 aliphatic rings. The fourth-order valence-electron chi connectivity index (χ4n) is 2.81. The van der Waals surface area contributed by atoms with Crippen LogP contribution in [0.15, 0.2) is 48.5 Å². The van der Waals surface area contributed by atoms with Crippen molar-refractivity contribution in [1.82, 2.24) is 0 Å². The molecule has 0 bridgehead atoms. The van der Waals surface area contributed by atoms with E-state index in [1.165, 1.54) is 17.4 Å². The van der Waals surface area contributed by atoms with Crippen molar-refractivity contribution >= 4 is 22.9 Å². The highest BCUT2D eigenvalue weighted by Gasteiger charge is 2.24. The van der Waals surface area contributed by atoms with Crippen molar-refractivity contribution in [3.63, 3.8) is 0 Å². The highest BCUT2D eigenvalue weighted by molar-refractivity contribution is 7.17. The van der Waals surface area contributed by atoms with E-state index in [-0.39, 0.29) is 11.6 Å². The van der Waals surface area contributed by atoms with Gasteiger partial charge in [-0.15, -0.1) is 11.3 Å². The Morgan fingerprint density at radius 2 is 2.04 bits per heavy atom. The molecule has 1 N–H and O–H groups in total. The van der Waals surface area contributed by atoms with Crippen LogP contribution in [0.4, 0.5) is 10.1 Å². The third-order valence-electron chi connectivity index (χ3n) is 4.00.